The molecule has 2 heterocycles. The molecule has 0 saturated heterocycles. The Labute approximate surface area is 204 Å². The highest BCUT2D eigenvalue weighted by Crippen LogP contribution is 2.42. The van der Waals surface area contributed by atoms with E-state index in [1.807, 2.05) is 0 Å². The minimum Gasteiger partial charge on any atom is -0.461 e. The Balaban J connectivity index is 1.87. The van der Waals surface area contributed by atoms with E-state index in [9.17, 15) is 31.1 Å². The van der Waals surface area contributed by atoms with Crippen LogP contribution >= 0.6 is 22.9 Å². The third-order valence-corrected chi connectivity index (χ3v) is 6.53. The fourth-order valence-corrected chi connectivity index (χ4v) is 4.94. The van der Waals surface area contributed by atoms with Crippen LogP contribution in [0.3, 0.4) is 0 Å². The lowest BCUT2D eigenvalue weighted by atomic mass is 10.0. The second-order valence-corrected chi connectivity index (χ2v) is 9.14. The van der Waals surface area contributed by atoms with Crippen LogP contribution in [0.5, 0.6) is 0 Å². The molecule has 4 aromatic rings. The maximum Gasteiger partial charge on any atom is 0.416 e. The van der Waals surface area contributed by atoms with Crippen molar-refractivity contribution in [2.75, 3.05) is 6.61 Å². The minimum absolute atomic E-state index is 0.0923. The number of esters is 1. The van der Waals surface area contributed by atoms with Gasteiger partial charge in [0.2, 0.25) is 0 Å². The molecule has 3 nitrogen and oxygen atoms in total. The van der Waals surface area contributed by atoms with Crippen molar-refractivity contribution in [2.45, 2.75) is 25.8 Å². The molecule has 0 bridgehead atoms. The van der Waals surface area contributed by atoms with Crippen LogP contribution in [0.25, 0.3) is 20.7 Å². The van der Waals surface area contributed by atoms with E-state index in [1.54, 1.807) is 35.8 Å². The van der Waals surface area contributed by atoms with E-state index in [-0.39, 0.29) is 35.4 Å². The lowest BCUT2D eigenvalue weighted by Crippen LogP contribution is -2.13. The molecule has 184 valence electrons. The van der Waals surface area contributed by atoms with Crippen molar-refractivity contribution in [2.24, 2.45) is 0 Å². The van der Waals surface area contributed by atoms with Crippen LogP contribution in [-0.4, -0.2) is 17.1 Å². The number of ether oxygens (including phenoxy) is 1. The van der Waals surface area contributed by atoms with Gasteiger partial charge in [0.1, 0.15) is 5.69 Å². The van der Waals surface area contributed by atoms with Crippen LogP contribution in [0.1, 0.15) is 34.1 Å². The predicted molar refractivity (Wildman–Crippen MR) is 122 cm³/mol. The number of benzene rings is 2. The molecule has 0 amide bonds. The number of halogens is 7. The number of rotatable bonds is 5. The molecule has 0 N–H and O–H groups in total. The number of aromatic nitrogens is 1. The topological polar surface area (TPSA) is 31.2 Å². The van der Waals surface area contributed by atoms with Crippen molar-refractivity contribution in [1.29, 1.82) is 0 Å². The van der Waals surface area contributed by atoms with E-state index in [2.05, 4.69) is 0 Å². The molecular weight excluding hydrogens is 516 g/mol. The second kappa shape index (κ2) is 9.23. The largest absolute Gasteiger partial charge is 0.461 e. The van der Waals surface area contributed by atoms with Gasteiger partial charge in [0.15, 0.2) is 0 Å². The molecule has 0 atom stereocenters. The Morgan fingerprint density at radius 2 is 1.63 bits per heavy atom. The number of carbonyl (C=O) groups is 1. The zero-order valence-corrected chi connectivity index (χ0v) is 19.5. The number of fused-ring (bicyclic) bond motifs is 1. The average Bonchev–Trinajstić information content (AvgIpc) is 3.32. The molecule has 0 aliphatic heterocycles. The number of hydrogen-bond donors (Lipinski definition) is 0. The quantitative estimate of drug-likeness (QED) is 0.192. The highest BCUT2D eigenvalue weighted by atomic mass is 35.5. The van der Waals surface area contributed by atoms with Crippen molar-refractivity contribution < 1.29 is 35.9 Å². The van der Waals surface area contributed by atoms with E-state index < -0.39 is 29.4 Å². The molecule has 0 radical (unpaired) electrons. The fraction of sp³-hybridized carbons (Fsp3) is 0.208. The van der Waals surface area contributed by atoms with Gasteiger partial charge in [-0.3, -0.25) is 0 Å². The average molecular weight is 532 g/mol. The van der Waals surface area contributed by atoms with E-state index in [0.29, 0.717) is 27.4 Å². The first-order valence-corrected chi connectivity index (χ1v) is 11.4. The lowest BCUT2D eigenvalue weighted by molar-refractivity contribution is -0.143. The first-order valence-electron chi connectivity index (χ1n) is 10.2. The summed E-state index contributed by atoms with van der Waals surface area (Å²) in [6, 6.07) is 11.3. The van der Waals surface area contributed by atoms with Gasteiger partial charge in [0.25, 0.3) is 0 Å². The summed E-state index contributed by atoms with van der Waals surface area (Å²) in [7, 11) is 0. The third-order valence-electron chi connectivity index (χ3n) is 5.18. The molecule has 0 spiro atoms. The van der Waals surface area contributed by atoms with Crippen LogP contribution in [0.2, 0.25) is 5.02 Å². The SMILES string of the molecule is CCOC(=O)c1cc2sc(-c3cc(C(F)(F)F)cc(C(F)(F)F)c3)cc2n1Cc1cccc(Cl)c1. The van der Waals surface area contributed by atoms with Gasteiger partial charge in [-0.15, -0.1) is 11.3 Å². The summed E-state index contributed by atoms with van der Waals surface area (Å²) in [5, 5.41) is 0.471. The number of nitrogens with zero attached hydrogens (tertiary/aromatic N) is 1. The smallest absolute Gasteiger partial charge is 0.416 e. The van der Waals surface area contributed by atoms with Crippen molar-refractivity contribution in [3.8, 4) is 10.4 Å². The standard InChI is InChI=1S/C24H16ClF6NO2S/c1-2-34-22(33)19-11-21-18(32(19)12-13-4-3-5-17(25)6-13)10-20(35-21)14-7-15(23(26,27)28)9-16(8-14)24(29,30)31/h3-11H,2,12H2,1H3. The maximum atomic E-state index is 13.3. The van der Waals surface area contributed by atoms with Crippen molar-refractivity contribution in [1.82, 2.24) is 4.57 Å². The van der Waals surface area contributed by atoms with Crippen molar-refractivity contribution in [3.63, 3.8) is 0 Å². The number of thiophene rings is 1. The first kappa shape index (κ1) is 25.1. The summed E-state index contributed by atoms with van der Waals surface area (Å²) in [5.74, 6) is -0.599. The molecule has 0 aliphatic rings. The van der Waals surface area contributed by atoms with Gasteiger partial charge in [0, 0.05) is 16.4 Å². The second-order valence-electron chi connectivity index (χ2n) is 7.62. The summed E-state index contributed by atoms with van der Waals surface area (Å²) in [6.45, 7) is 1.96. The van der Waals surface area contributed by atoms with E-state index >= 15 is 0 Å². The molecule has 0 unspecified atom stereocenters. The lowest BCUT2D eigenvalue weighted by Gasteiger charge is -2.13. The maximum absolute atomic E-state index is 13.3. The molecule has 2 aromatic carbocycles. The number of hydrogen-bond acceptors (Lipinski definition) is 3. The fourth-order valence-electron chi connectivity index (χ4n) is 3.64. The van der Waals surface area contributed by atoms with Crippen molar-refractivity contribution >= 4 is 39.1 Å². The zero-order chi connectivity index (χ0) is 25.5. The number of alkyl halides is 6. The molecular formula is C24H16ClF6NO2S. The van der Waals surface area contributed by atoms with E-state index in [0.717, 1.165) is 16.9 Å². The van der Waals surface area contributed by atoms with Gasteiger partial charge in [-0.2, -0.15) is 26.3 Å². The molecule has 0 saturated carbocycles. The summed E-state index contributed by atoms with van der Waals surface area (Å²) in [6.07, 6.45) is -9.91. The van der Waals surface area contributed by atoms with E-state index in [1.165, 1.54) is 12.1 Å². The first-order chi connectivity index (χ1) is 16.4. The van der Waals surface area contributed by atoms with Crippen LogP contribution < -0.4 is 0 Å². The molecule has 11 heteroatoms. The van der Waals surface area contributed by atoms with Crippen LogP contribution in [0.15, 0.2) is 54.6 Å². The van der Waals surface area contributed by atoms with Gasteiger partial charge in [-0.25, -0.2) is 4.79 Å². The van der Waals surface area contributed by atoms with Crippen LogP contribution in [0, 0.1) is 0 Å². The minimum atomic E-state index is -4.95. The highest BCUT2D eigenvalue weighted by molar-refractivity contribution is 7.22. The predicted octanol–water partition coefficient (Wildman–Crippen LogP) is 8.29. The Hall–Kier alpha value is -2.98. The summed E-state index contributed by atoms with van der Waals surface area (Å²) < 4.78 is 87.2. The molecule has 0 fully saturated rings. The zero-order valence-electron chi connectivity index (χ0n) is 17.9. The van der Waals surface area contributed by atoms with Crippen LogP contribution in [-0.2, 0) is 23.6 Å². The number of carbonyl (C=O) groups excluding carboxylic acids is 1. The Morgan fingerprint density at radius 3 is 2.20 bits per heavy atom. The van der Waals surface area contributed by atoms with Gasteiger partial charge in [0.05, 0.1) is 28.0 Å². The normalized spacial score (nSPS) is 12.3. The van der Waals surface area contributed by atoms with Gasteiger partial charge in [-0.05, 0) is 60.5 Å². The summed E-state index contributed by atoms with van der Waals surface area (Å²) in [5.41, 5.74) is -1.59. The van der Waals surface area contributed by atoms with Gasteiger partial charge < -0.3 is 9.30 Å². The molecule has 4 rings (SSSR count). The summed E-state index contributed by atoms with van der Waals surface area (Å²) in [4.78, 5) is 12.7. The van der Waals surface area contributed by atoms with E-state index in [4.69, 9.17) is 16.3 Å². The Bertz CT molecular complexity index is 1370. The van der Waals surface area contributed by atoms with Gasteiger partial charge >= 0.3 is 18.3 Å². The van der Waals surface area contributed by atoms with Crippen LogP contribution in [0.4, 0.5) is 26.3 Å². The Morgan fingerprint density at radius 1 is 0.971 bits per heavy atom. The van der Waals surface area contributed by atoms with Crippen molar-refractivity contribution in [3.05, 3.63) is 82.0 Å². The monoisotopic (exact) mass is 531 g/mol. The third kappa shape index (κ3) is 5.33. The Kier molecular flexibility index (Phi) is 6.63. The molecule has 0 aliphatic carbocycles. The van der Waals surface area contributed by atoms with Gasteiger partial charge in [-0.1, -0.05) is 23.7 Å². The highest BCUT2D eigenvalue weighted by Gasteiger charge is 2.37. The molecule has 35 heavy (non-hydrogen) atoms. The summed E-state index contributed by atoms with van der Waals surface area (Å²) >= 11 is 7.04. The molecule has 2 aromatic heterocycles.